The molecule has 6 heterocycles. The zero-order chi connectivity index (χ0) is 27.5. The number of morpholine rings is 1. The summed E-state index contributed by atoms with van der Waals surface area (Å²) >= 11 is 0. The number of amides is 2. The van der Waals surface area contributed by atoms with Crippen LogP contribution in [0.3, 0.4) is 0 Å². The van der Waals surface area contributed by atoms with E-state index in [2.05, 4.69) is 45.6 Å². The molecule has 0 aromatic carbocycles. The summed E-state index contributed by atoms with van der Waals surface area (Å²) in [6, 6.07) is 8.04. The summed E-state index contributed by atoms with van der Waals surface area (Å²) in [6.07, 6.45) is 9.57. The van der Waals surface area contributed by atoms with Crippen molar-refractivity contribution in [2.75, 3.05) is 44.7 Å². The van der Waals surface area contributed by atoms with Crippen molar-refractivity contribution in [2.45, 2.75) is 39.2 Å². The van der Waals surface area contributed by atoms with Gasteiger partial charge in [-0.15, -0.1) is 5.10 Å². The van der Waals surface area contributed by atoms with E-state index in [0.29, 0.717) is 49.8 Å². The molecule has 1 N–H and O–H groups in total. The molecule has 11 nitrogen and oxygen atoms in total. The number of carbonyl (C=O) groups is 1. The highest BCUT2D eigenvalue weighted by atomic mass is 16.5. The SMILES string of the molecule is CC(C)c1cnnc(Nc2ccc3ncc(-c4cnn(CC5CCN(C(=O)N6CCOCC6)CC5)c4)cc3n2)c1. The maximum atomic E-state index is 12.8. The maximum absolute atomic E-state index is 12.8. The van der Waals surface area contributed by atoms with Gasteiger partial charge in [-0.3, -0.25) is 9.67 Å². The van der Waals surface area contributed by atoms with E-state index in [-0.39, 0.29) is 6.03 Å². The van der Waals surface area contributed by atoms with Crippen molar-refractivity contribution in [1.29, 1.82) is 0 Å². The molecule has 2 aliphatic heterocycles. The quantitative estimate of drug-likeness (QED) is 0.384. The van der Waals surface area contributed by atoms with Crippen LogP contribution < -0.4 is 5.32 Å². The van der Waals surface area contributed by atoms with Crippen molar-refractivity contribution in [1.82, 2.24) is 39.7 Å². The lowest BCUT2D eigenvalue weighted by molar-refractivity contribution is 0.0396. The molecule has 0 aliphatic carbocycles. The van der Waals surface area contributed by atoms with Crippen LogP contribution in [-0.4, -0.2) is 85.2 Å². The molecule has 40 heavy (non-hydrogen) atoms. The molecule has 11 heteroatoms. The van der Waals surface area contributed by atoms with E-state index < -0.39 is 0 Å². The number of urea groups is 1. The van der Waals surface area contributed by atoms with Gasteiger partial charge in [0.05, 0.1) is 36.6 Å². The summed E-state index contributed by atoms with van der Waals surface area (Å²) in [7, 11) is 0. The molecule has 0 unspecified atom stereocenters. The van der Waals surface area contributed by atoms with E-state index in [4.69, 9.17) is 9.72 Å². The average Bonchev–Trinajstić information content (AvgIpc) is 3.46. The molecule has 2 aliphatic rings. The van der Waals surface area contributed by atoms with Crippen LogP contribution in [0.25, 0.3) is 22.2 Å². The number of carbonyl (C=O) groups excluding carboxylic acids is 1. The minimum absolute atomic E-state index is 0.149. The van der Waals surface area contributed by atoms with Crippen molar-refractivity contribution in [2.24, 2.45) is 5.92 Å². The van der Waals surface area contributed by atoms with E-state index in [9.17, 15) is 4.79 Å². The summed E-state index contributed by atoms with van der Waals surface area (Å²) in [5.74, 6) is 2.21. The third kappa shape index (κ3) is 5.89. The van der Waals surface area contributed by atoms with Crippen LogP contribution in [0.4, 0.5) is 16.4 Å². The van der Waals surface area contributed by atoms with E-state index in [1.807, 2.05) is 51.1 Å². The number of likely N-dealkylation sites (tertiary alicyclic amines) is 1. The molecular weight excluding hydrogens is 506 g/mol. The van der Waals surface area contributed by atoms with E-state index in [1.54, 1.807) is 6.20 Å². The number of nitrogens with one attached hydrogen (secondary N) is 1. The van der Waals surface area contributed by atoms with Crippen LogP contribution in [0.15, 0.2) is 49.1 Å². The van der Waals surface area contributed by atoms with Gasteiger partial charge in [-0.25, -0.2) is 9.78 Å². The summed E-state index contributed by atoms with van der Waals surface area (Å²) in [6.45, 7) is 9.31. The lowest BCUT2D eigenvalue weighted by Gasteiger charge is -2.37. The standard InChI is InChI=1S/C29H35N9O2/c1-20(2)22-14-28(35-31-16-22)34-27-4-3-25-26(33-27)13-23(15-30-25)24-17-32-38(19-24)18-21-5-7-36(8-6-21)29(39)37-9-11-40-12-10-37/h3-4,13-17,19-21H,5-12,18H2,1-2H3,(H,33,34,35). The van der Waals surface area contributed by atoms with Crippen molar-refractivity contribution < 1.29 is 9.53 Å². The Bertz CT molecular complexity index is 1470. The zero-order valence-electron chi connectivity index (χ0n) is 23.0. The second-order valence-electron chi connectivity index (χ2n) is 10.9. The molecule has 0 radical (unpaired) electrons. The number of fused-ring (bicyclic) bond motifs is 1. The van der Waals surface area contributed by atoms with Crippen molar-refractivity contribution in [3.63, 3.8) is 0 Å². The number of anilines is 2. The first kappa shape index (κ1) is 26.1. The molecule has 4 aromatic heterocycles. The van der Waals surface area contributed by atoms with Crippen LogP contribution >= 0.6 is 0 Å². The number of rotatable bonds is 6. The van der Waals surface area contributed by atoms with Gasteiger partial charge in [0, 0.05) is 56.2 Å². The molecule has 0 spiro atoms. The van der Waals surface area contributed by atoms with Crippen molar-refractivity contribution in [3.8, 4) is 11.1 Å². The van der Waals surface area contributed by atoms with Gasteiger partial charge in [-0.2, -0.15) is 10.2 Å². The Kier molecular flexibility index (Phi) is 7.54. The van der Waals surface area contributed by atoms with Gasteiger partial charge in [-0.1, -0.05) is 13.8 Å². The van der Waals surface area contributed by atoms with Crippen LogP contribution in [0.1, 0.15) is 38.2 Å². The first-order valence-electron chi connectivity index (χ1n) is 14.0. The van der Waals surface area contributed by atoms with Gasteiger partial charge in [0.1, 0.15) is 5.82 Å². The Hall–Kier alpha value is -4.12. The number of hydrogen-bond acceptors (Lipinski definition) is 8. The minimum atomic E-state index is 0.149. The number of hydrogen-bond donors (Lipinski definition) is 1. The molecule has 208 valence electrons. The van der Waals surface area contributed by atoms with Gasteiger partial charge in [0.15, 0.2) is 5.82 Å². The molecule has 0 saturated carbocycles. The van der Waals surface area contributed by atoms with Gasteiger partial charge < -0.3 is 19.9 Å². The molecule has 2 saturated heterocycles. The Balaban J connectivity index is 1.09. The number of nitrogens with zero attached hydrogens (tertiary/aromatic N) is 8. The predicted octanol–water partition coefficient (Wildman–Crippen LogP) is 4.31. The smallest absolute Gasteiger partial charge is 0.320 e. The van der Waals surface area contributed by atoms with Crippen LogP contribution in [0.5, 0.6) is 0 Å². The Morgan fingerprint density at radius 2 is 1.77 bits per heavy atom. The summed E-state index contributed by atoms with van der Waals surface area (Å²) in [4.78, 5) is 26.1. The van der Waals surface area contributed by atoms with Gasteiger partial charge in [0.25, 0.3) is 0 Å². The number of ether oxygens (including phenoxy) is 1. The van der Waals surface area contributed by atoms with Crippen molar-refractivity contribution >= 4 is 28.7 Å². The normalized spacial score (nSPS) is 16.6. The van der Waals surface area contributed by atoms with Gasteiger partial charge >= 0.3 is 6.03 Å². The zero-order valence-corrected chi connectivity index (χ0v) is 23.0. The van der Waals surface area contributed by atoms with Crippen LogP contribution in [-0.2, 0) is 11.3 Å². The predicted molar refractivity (Wildman–Crippen MR) is 152 cm³/mol. The molecule has 2 amide bonds. The first-order valence-corrected chi connectivity index (χ1v) is 14.0. The molecule has 6 rings (SSSR count). The second-order valence-corrected chi connectivity index (χ2v) is 10.9. The molecular formula is C29H35N9O2. The lowest BCUT2D eigenvalue weighted by atomic mass is 9.97. The van der Waals surface area contributed by atoms with Crippen molar-refractivity contribution in [3.05, 3.63) is 54.6 Å². The molecule has 4 aromatic rings. The summed E-state index contributed by atoms with van der Waals surface area (Å²) < 4.78 is 7.39. The topological polar surface area (TPSA) is 114 Å². The fourth-order valence-electron chi connectivity index (χ4n) is 5.26. The second kappa shape index (κ2) is 11.5. The largest absolute Gasteiger partial charge is 0.378 e. The van der Waals surface area contributed by atoms with E-state index in [1.165, 1.54) is 0 Å². The number of piperidine rings is 1. The monoisotopic (exact) mass is 541 g/mol. The molecule has 2 fully saturated rings. The third-order valence-electron chi connectivity index (χ3n) is 7.71. The Labute approximate surface area is 233 Å². The first-order chi connectivity index (χ1) is 19.5. The molecule has 0 atom stereocenters. The maximum Gasteiger partial charge on any atom is 0.320 e. The van der Waals surface area contributed by atoms with Crippen LogP contribution in [0, 0.1) is 5.92 Å². The Morgan fingerprint density at radius 1 is 0.975 bits per heavy atom. The van der Waals surface area contributed by atoms with E-state index >= 15 is 0 Å². The van der Waals surface area contributed by atoms with Gasteiger partial charge in [0.2, 0.25) is 0 Å². The Morgan fingerprint density at radius 3 is 2.58 bits per heavy atom. The average molecular weight is 542 g/mol. The van der Waals surface area contributed by atoms with E-state index in [0.717, 1.165) is 60.2 Å². The fourth-order valence-corrected chi connectivity index (χ4v) is 5.26. The lowest BCUT2D eigenvalue weighted by Crippen LogP contribution is -2.50. The molecule has 0 bridgehead atoms. The summed E-state index contributed by atoms with van der Waals surface area (Å²) in [5.41, 5.74) is 4.70. The highest BCUT2D eigenvalue weighted by Crippen LogP contribution is 2.26. The fraction of sp³-hybridized carbons (Fsp3) is 0.448. The minimum Gasteiger partial charge on any atom is -0.378 e. The highest BCUT2D eigenvalue weighted by Gasteiger charge is 2.27. The number of pyridine rings is 2. The highest BCUT2D eigenvalue weighted by molar-refractivity contribution is 5.81. The summed E-state index contributed by atoms with van der Waals surface area (Å²) in [5, 5.41) is 16.2. The van der Waals surface area contributed by atoms with Crippen LogP contribution in [0.2, 0.25) is 0 Å². The third-order valence-corrected chi connectivity index (χ3v) is 7.71. The van der Waals surface area contributed by atoms with Gasteiger partial charge in [-0.05, 0) is 54.5 Å². The number of aromatic nitrogens is 6.